The van der Waals surface area contributed by atoms with E-state index in [4.69, 9.17) is 9.47 Å². The van der Waals surface area contributed by atoms with E-state index in [0.717, 1.165) is 13.0 Å². The maximum Gasteiger partial charge on any atom is 0.338 e. The Morgan fingerprint density at radius 3 is 3.25 bits per heavy atom. The summed E-state index contributed by atoms with van der Waals surface area (Å²) in [5, 5.41) is 0. The molecule has 1 aliphatic heterocycles. The number of nitrogens with zero attached hydrogens (tertiary/aromatic N) is 1. The van der Waals surface area contributed by atoms with Gasteiger partial charge in [0.25, 0.3) is 0 Å². The molecule has 1 aliphatic rings. The van der Waals surface area contributed by atoms with Crippen LogP contribution in [0.15, 0.2) is 22.9 Å². The van der Waals surface area contributed by atoms with Crippen molar-refractivity contribution in [2.75, 3.05) is 19.8 Å². The van der Waals surface area contributed by atoms with Gasteiger partial charge in [0.05, 0.1) is 18.8 Å². The standard InChI is InChI=1S/C11H12BrNO3/c12-10-5-9(1-3-13-10)11(14)16-7-8-2-4-15-6-8/h1,3,5,8H,2,4,6-7H2. The number of esters is 1. The summed E-state index contributed by atoms with van der Waals surface area (Å²) in [7, 11) is 0. The first-order chi connectivity index (χ1) is 7.75. The van der Waals surface area contributed by atoms with Crippen molar-refractivity contribution in [3.63, 3.8) is 0 Å². The van der Waals surface area contributed by atoms with Crippen LogP contribution in [0.25, 0.3) is 0 Å². The molecular formula is C11H12BrNO3. The third-order valence-electron chi connectivity index (χ3n) is 2.44. The minimum atomic E-state index is -0.310. The highest BCUT2D eigenvalue weighted by Gasteiger charge is 2.18. The molecule has 16 heavy (non-hydrogen) atoms. The van der Waals surface area contributed by atoms with Crippen molar-refractivity contribution in [2.45, 2.75) is 6.42 Å². The van der Waals surface area contributed by atoms with Gasteiger partial charge in [-0.2, -0.15) is 0 Å². The molecule has 4 nitrogen and oxygen atoms in total. The molecule has 0 spiro atoms. The number of halogens is 1. The van der Waals surface area contributed by atoms with Crippen molar-refractivity contribution in [3.8, 4) is 0 Å². The number of ether oxygens (including phenoxy) is 2. The lowest BCUT2D eigenvalue weighted by Gasteiger charge is -2.08. The molecule has 0 aromatic carbocycles. The zero-order chi connectivity index (χ0) is 11.4. The van der Waals surface area contributed by atoms with Crippen molar-refractivity contribution < 1.29 is 14.3 Å². The van der Waals surface area contributed by atoms with Crippen LogP contribution >= 0.6 is 15.9 Å². The quantitative estimate of drug-likeness (QED) is 0.630. The molecule has 0 aliphatic carbocycles. The van der Waals surface area contributed by atoms with Gasteiger partial charge in [-0.1, -0.05) is 0 Å². The molecule has 2 rings (SSSR count). The van der Waals surface area contributed by atoms with Crippen LogP contribution in [0.2, 0.25) is 0 Å². The highest BCUT2D eigenvalue weighted by Crippen LogP contribution is 2.14. The van der Waals surface area contributed by atoms with Crippen LogP contribution in [0.3, 0.4) is 0 Å². The van der Waals surface area contributed by atoms with E-state index in [-0.39, 0.29) is 5.97 Å². The lowest BCUT2D eigenvalue weighted by molar-refractivity contribution is 0.0428. The predicted molar refractivity (Wildman–Crippen MR) is 61.1 cm³/mol. The van der Waals surface area contributed by atoms with E-state index in [2.05, 4.69) is 20.9 Å². The van der Waals surface area contributed by atoms with Gasteiger partial charge in [-0.3, -0.25) is 0 Å². The number of rotatable bonds is 3. The molecule has 1 atom stereocenters. The van der Waals surface area contributed by atoms with Gasteiger partial charge in [0, 0.05) is 18.7 Å². The Morgan fingerprint density at radius 1 is 1.69 bits per heavy atom. The molecule has 86 valence electrons. The summed E-state index contributed by atoms with van der Waals surface area (Å²) in [4.78, 5) is 15.6. The van der Waals surface area contributed by atoms with Crippen molar-refractivity contribution in [1.29, 1.82) is 0 Å². The lowest BCUT2D eigenvalue weighted by Crippen LogP contribution is -2.14. The average Bonchev–Trinajstić information content (AvgIpc) is 2.78. The van der Waals surface area contributed by atoms with Gasteiger partial charge in [0.1, 0.15) is 4.60 Å². The van der Waals surface area contributed by atoms with Crippen molar-refractivity contribution >= 4 is 21.9 Å². The average molecular weight is 286 g/mol. The lowest BCUT2D eigenvalue weighted by atomic mass is 10.1. The number of carbonyl (C=O) groups excluding carboxylic acids is 1. The third-order valence-corrected chi connectivity index (χ3v) is 2.87. The Morgan fingerprint density at radius 2 is 2.56 bits per heavy atom. The summed E-state index contributed by atoms with van der Waals surface area (Å²) in [5.74, 6) is 0.0317. The summed E-state index contributed by atoms with van der Waals surface area (Å²) in [5.41, 5.74) is 0.515. The fourth-order valence-corrected chi connectivity index (χ4v) is 1.89. The van der Waals surface area contributed by atoms with Crippen LogP contribution in [0.5, 0.6) is 0 Å². The second-order valence-electron chi connectivity index (χ2n) is 3.70. The fraction of sp³-hybridized carbons (Fsp3) is 0.455. The Kier molecular flexibility index (Phi) is 3.90. The summed E-state index contributed by atoms with van der Waals surface area (Å²) in [6.07, 6.45) is 2.53. The molecule has 0 amide bonds. The summed E-state index contributed by atoms with van der Waals surface area (Å²) < 4.78 is 11.0. The van der Waals surface area contributed by atoms with Crippen LogP contribution in [0.1, 0.15) is 16.8 Å². The highest BCUT2D eigenvalue weighted by atomic mass is 79.9. The number of aromatic nitrogens is 1. The van der Waals surface area contributed by atoms with Crippen LogP contribution in [0.4, 0.5) is 0 Å². The van der Waals surface area contributed by atoms with Crippen LogP contribution in [-0.4, -0.2) is 30.8 Å². The minimum absolute atomic E-state index is 0.310. The van der Waals surface area contributed by atoms with Gasteiger partial charge in [0.2, 0.25) is 0 Å². The van der Waals surface area contributed by atoms with Gasteiger partial charge >= 0.3 is 5.97 Å². The number of carbonyl (C=O) groups is 1. The normalized spacial score (nSPS) is 19.7. The van der Waals surface area contributed by atoms with E-state index < -0.39 is 0 Å². The van der Waals surface area contributed by atoms with Gasteiger partial charge < -0.3 is 9.47 Å². The van der Waals surface area contributed by atoms with Crippen molar-refractivity contribution in [2.24, 2.45) is 5.92 Å². The Balaban J connectivity index is 1.87. The predicted octanol–water partition coefficient (Wildman–Crippen LogP) is 2.04. The zero-order valence-corrected chi connectivity index (χ0v) is 10.3. The second-order valence-corrected chi connectivity index (χ2v) is 4.51. The van der Waals surface area contributed by atoms with Crippen LogP contribution in [-0.2, 0) is 9.47 Å². The first-order valence-electron chi connectivity index (χ1n) is 5.12. The number of hydrogen-bond acceptors (Lipinski definition) is 4. The fourth-order valence-electron chi connectivity index (χ4n) is 1.52. The third kappa shape index (κ3) is 3.02. The molecule has 0 N–H and O–H groups in total. The molecule has 2 heterocycles. The van der Waals surface area contributed by atoms with Crippen molar-refractivity contribution in [3.05, 3.63) is 28.5 Å². The second kappa shape index (κ2) is 5.41. The van der Waals surface area contributed by atoms with E-state index in [1.165, 1.54) is 0 Å². The molecule has 1 saturated heterocycles. The van der Waals surface area contributed by atoms with E-state index in [1.807, 2.05) is 0 Å². The molecule has 1 aromatic heterocycles. The molecule has 0 bridgehead atoms. The van der Waals surface area contributed by atoms with Gasteiger partial charge in [-0.25, -0.2) is 9.78 Å². The molecule has 1 aromatic rings. The molecule has 0 radical (unpaired) electrons. The Hall–Kier alpha value is -0.940. The van der Waals surface area contributed by atoms with E-state index in [1.54, 1.807) is 18.3 Å². The van der Waals surface area contributed by atoms with Gasteiger partial charge in [0.15, 0.2) is 0 Å². The monoisotopic (exact) mass is 285 g/mol. The maximum atomic E-state index is 11.6. The van der Waals surface area contributed by atoms with E-state index in [0.29, 0.717) is 29.3 Å². The SMILES string of the molecule is O=C(OCC1CCOC1)c1ccnc(Br)c1. The Labute approximate surface area is 102 Å². The topological polar surface area (TPSA) is 48.4 Å². The number of pyridine rings is 1. The summed E-state index contributed by atoms with van der Waals surface area (Å²) >= 11 is 3.21. The smallest absolute Gasteiger partial charge is 0.338 e. The van der Waals surface area contributed by atoms with E-state index >= 15 is 0 Å². The van der Waals surface area contributed by atoms with Gasteiger partial charge in [-0.05, 0) is 34.5 Å². The maximum absolute atomic E-state index is 11.6. The molecule has 1 unspecified atom stereocenters. The van der Waals surface area contributed by atoms with Crippen LogP contribution in [0, 0.1) is 5.92 Å². The van der Waals surface area contributed by atoms with Crippen LogP contribution < -0.4 is 0 Å². The molecule has 0 saturated carbocycles. The largest absolute Gasteiger partial charge is 0.462 e. The van der Waals surface area contributed by atoms with Gasteiger partial charge in [-0.15, -0.1) is 0 Å². The van der Waals surface area contributed by atoms with E-state index in [9.17, 15) is 4.79 Å². The number of hydrogen-bond donors (Lipinski definition) is 0. The highest BCUT2D eigenvalue weighted by molar-refractivity contribution is 9.10. The molecular weight excluding hydrogens is 274 g/mol. The van der Waals surface area contributed by atoms with Crippen molar-refractivity contribution in [1.82, 2.24) is 4.98 Å². The minimum Gasteiger partial charge on any atom is -0.462 e. The zero-order valence-electron chi connectivity index (χ0n) is 8.69. The summed E-state index contributed by atoms with van der Waals surface area (Å²) in [6, 6.07) is 3.28. The first-order valence-corrected chi connectivity index (χ1v) is 5.91. The molecule has 5 heteroatoms. The Bertz CT molecular complexity index is 377. The molecule has 1 fully saturated rings. The summed E-state index contributed by atoms with van der Waals surface area (Å²) in [6.45, 7) is 1.88. The first kappa shape index (κ1) is 11.5.